The molecular weight excluding hydrogens is 303 g/mol. The van der Waals surface area contributed by atoms with Gasteiger partial charge >= 0.3 is 12.1 Å². The van der Waals surface area contributed by atoms with Gasteiger partial charge in [-0.15, -0.1) is 0 Å². The van der Waals surface area contributed by atoms with E-state index in [-0.39, 0.29) is 17.9 Å². The Kier molecular flexibility index (Phi) is 3.68. The van der Waals surface area contributed by atoms with Crippen LogP contribution in [-0.2, 0) is 19.7 Å². The lowest BCUT2D eigenvalue weighted by atomic mass is 9.68. The van der Waals surface area contributed by atoms with E-state index in [9.17, 15) is 27.9 Å². The number of fused-ring (bicyclic) bond motifs is 1. The first-order valence-corrected chi connectivity index (χ1v) is 6.48. The Balaban J connectivity index is 2.72. The zero-order chi connectivity index (χ0) is 16.8. The van der Waals surface area contributed by atoms with E-state index in [0.717, 1.165) is 6.92 Å². The van der Waals surface area contributed by atoms with Gasteiger partial charge in [-0.25, -0.2) is 4.79 Å². The lowest BCUT2D eigenvalue weighted by molar-refractivity contribution is -0.279. The van der Waals surface area contributed by atoms with E-state index in [2.05, 4.69) is 10.1 Å². The van der Waals surface area contributed by atoms with Crippen molar-refractivity contribution < 1.29 is 32.6 Å². The van der Waals surface area contributed by atoms with Crippen LogP contribution in [0.1, 0.15) is 19.4 Å². The molecule has 0 fully saturated rings. The minimum absolute atomic E-state index is 0.113. The third-order valence-electron chi connectivity index (χ3n) is 3.87. The topological polar surface area (TPSA) is 75.6 Å². The summed E-state index contributed by atoms with van der Waals surface area (Å²) in [5.74, 6) is -3.03. The van der Waals surface area contributed by atoms with Crippen molar-refractivity contribution in [2.24, 2.45) is 0 Å². The molecule has 0 saturated carbocycles. The molecule has 8 heteroatoms. The zero-order valence-electron chi connectivity index (χ0n) is 11.8. The Morgan fingerprint density at radius 3 is 2.50 bits per heavy atom. The lowest BCUT2D eigenvalue weighted by Crippen LogP contribution is -2.67. The molecule has 0 unspecified atom stereocenters. The van der Waals surface area contributed by atoms with Crippen LogP contribution >= 0.6 is 0 Å². The number of para-hydroxylation sites is 1. The molecular formula is C14H14F3NO4. The third kappa shape index (κ3) is 1.90. The van der Waals surface area contributed by atoms with Crippen LogP contribution < -0.4 is 5.32 Å². The average Bonchev–Trinajstić information content (AvgIpc) is 2.70. The second kappa shape index (κ2) is 4.98. The molecule has 1 heterocycles. The fourth-order valence-electron chi connectivity index (χ4n) is 2.60. The number of carbonyl (C=O) groups is 2. The second-order valence-corrected chi connectivity index (χ2v) is 5.05. The molecule has 2 rings (SSSR count). The number of benzene rings is 1. The molecule has 1 aromatic carbocycles. The SMILES string of the molecule is CCOC(=O)[C@](O)(C(F)(F)F)[C@@]1(C)C(=O)Nc2ccccc21. The molecule has 0 aliphatic carbocycles. The van der Waals surface area contributed by atoms with Crippen LogP contribution in [0.25, 0.3) is 0 Å². The van der Waals surface area contributed by atoms with Crippen LogP contribution in [0.3, 0.4) is 0 Å². The average molecular weight is 317 g/mol. The predicted molar refractivity (Wildman–Crippen MR) is 70.1 cm³/mol. The zero-order valence-corrected chi connectivity index (χ0v) is 11.8. The number of hydrogen-bond acceptors (Lipinski definition) is 4. The van der Waals surface area contributed by atoms with E-state index >= 15 is 0 Å². The van der Waals surface area contributed by atoms with Gasteiger partial charge in [0.2, 0.25) is 5.91 Å². The van der Waals surface area contributed by atoms with Gasteiger partial charge in [-0.3, -0.25) is 4.79 Å². The maximum absolute atomic E-state index is 13.5. The minimum atomic E-state index is -5.40. The van der Waals surface area contributed by atoms with Gasteiger partial charge in [0.15, 0.2) is 0 Å². The van der Waals surface area contributed by atoms with Gasteiger partial charge in [-0.1, -0.05) is 18.2 Å². The molecule has 1 aliphatic rings. The summed E-state index contributed by atoms with van der Waals surface area (Å²) in [7, 11) is 0. The summed E-state index contributed by atoms with van der Waals surface area (Å²) in [5.41, 5.74) is -6.55. The number of halogens is 3. The Morgan fingerprint density at radius 2 is 1.95 bits per heavy atom. The molecule has 0 radical (unpaired) electrons. The van der Waals surface area contributed by atoms with Crippen molar-refractivity contribution in [2.75, 3.05) is 11.9 Å². The number of carbonyl (C=O) groups excluding carboxylic acids is 2. The van der Waals surface area contributed by atoms with Crippen LogP contribution in [0.5, 0.6) is 0 Å². The van der Waals surface area contributed by atoms with Gasteiger partial charge in [0.05, 0.1) is 6.61 Å². The minimum Gasteiger partial charge on any atom is -0.464 e. The van der Waals surface area contributed by atoms with Crippen molar-refractivity contribution in [3.63, 3.8) is 0 Å². The fraction of sp³-hybridized carbons (Fsp3) is 0.429. The van der Waals surface area contributed by atoms with Crippen LogP contribution in [-0.4, -0.2) is 35.4 Å². The summed E-state index contributed by atoms with van der Waals surface area (Å²) in [6, 6.07) is 5.57. The molecule has 0 aromatic heterocycles. The summed E-state index contributed by atoms with van der Waals surface area (Å²) < 4.78 is 44.9. The van der Waals surface area contributed by atoms with E-state index in [1.54, 1.807) is 0 Å². The first-order valence-electron chi connectivity index (χ1n) is 6.48. The van der Waals surface area contributed by atoms with Crippen LogP contribution in [0.4, 0.5) is 18.9 Å². The van der Waals surface area contributed by atoms with Gasteiger partial charge in [0.25, 0.3) is 5.60 Å². The van der Waals surface area contributed by atoms with Gasteiger partial charge in [-0.05, 0) is 25.5 Å². The molecule has 5 nitrogen and oxygen atoms in total. The first kappa shape index (κ1) is 16.3. The second-order valence-electron chi connectivity index (χ2n) is 5.05. The van der Waals surface area contributed by atoms with Crippen molar-refractivity contribution in [2.45, 2.75) is 31.0 Å². The summed E-state index contributed by atoms with van der Waals surface area (Å²) >= 11 is 0. The Labute approximate surface area is 124 Å². The lowest BCUT2D eigenvalue weighted by Gasteiger charge is -2.39. The quantitative estimate of drug-likeness (QED) is 0.833. The molecule has 1 aromatic rings. The van der Waals surface area contributed by atoms with Crippen molar-refractivity contribution in [3.8, 4) is 0 Å². The maximum Gasteiger partial charge on any atom is 0.429 e. The smallest absolute Gasteiger partial charge is 0.429 e. The Hall–Kier alpha value is -2.09. The maximum atomic E-state index is 13.5. The molecule has 0 saturated heterocycles. The van der Waals surface area contributed by atoms with Crippen LogP contribution in [0.2, 0.25) is 0 Å². The highest BCUT2D eigenvalue weighted by molar-refractivity contribution is 6.10. The van der Waals surface area contributed by atoms with Gasteiger partial charge in [0, 0.05) is 5.69 Å². The molecule has 1 aliphatic heterocycles. The largest absolute Gasteiger partial charge is 0.464 e. The summed E-state index contributed by atoms with van der Waals surface area (Å²) in [4.78, 5) is 24.1. The third-order valence-corrected chi connectivity index (χ3v) is 3.87. The van der Waals surface area contributed by atoms with E-state index < -0.39 is 29.1 Å². The van der Waals surface area contributed by atoms with Crippen molar-refractivity contribution >= 4 is 17.6 Å². The molecule has 22 heavy (non-hydrogen) atoms. The highest BCUT2D eigenvalue weighted by atomic mass is 19.4. The van der Waals surface area contributed by atoms with Gasteiger partial charge < -0.3 is 15.2 Å². The van der Waals surface area contributed by atoms with Gasteiger partial charge in [-0.2, -0.15) is 13.2 Å². The van der Waals surface area contributed by atoms with E-state index in [4.69, 9.17) is 0 Å². The Morgan fingerprint density at radius 1 is 1.36 bits per heavy atom. The standard InChI is InChI=1S/C14H14F3NO4/c1-3-22-11(20)13(21,14(15,16)17)12(2)8-6-4-5-7-9(8)18-10(12)19/h4-7,21H,3H2,1-2H3,(H,18,19)/t12-,13-/m1/s1. The fourth-order valence-corrected chi connectivity index (χ4v) is 2.60. The number of amides is 1. The first-order chi connectivity index (χ1) is 10.1. The van der Waals surface area contributed by atoms with Crippen LogP contribution in [0, 0.1) is 0 Å². The van der Waals surface area contributed by atoms with Crippen molar-refractivity contribution in [3.05, 3.63) is 29.8 Å². The van der Waals surface area contributed by atoms with Crippen molar-refractivity contribution in [1.82, 2.24) is 0 Å². The number of esters is 1. The molecule has 120 valence electrons. The van der Waals surface area contributed by atoms with Crippen molar-refractivity contribution in [1.29, 1.82) is 0 Å². The predicted octanol–water partition coefficient (Wildman–Crippen LogP) is 1.75. The molecule has 2 N–H and O–H groups in total. The normalized spacial score (nSPS) is 23.5. The Bertz CT molecular complexity index is 631. The highest BCUT2D eigenvalue weighted by Crippen LogP contribution is 2.51. The van der Waals surface area contributed by atoms with Crippen LogP contribution in [0.15, 0.2) is 24.3 Å². The number of alkyl halides is 3. The molecule has 2 atom stereocenters. The molecule has 1 amide bonds. The number of aliphatic hydroxyl groups is 1. The number of ether oxygens (including phenoxy) is 1. The number of nitrogens with one attached hydrogen (secondary N) is 1. The summed E-state index contributed by atoms with van der Waals surface area (Å²) in [6.07, 6.45) is -5.40. The number of hydrogen-bond donors (Lipinski definition) is 2. The number of rotatable bonds is 3. The summed E-state index contributed by atoms with van der Waals surface area (Å²) in [5, 5.41) is 12.5. The molecule has 0 spiro atoms. The van der Waals surface area contributed by atoms with E-state index in [1.165, 1.54) is 31.2 Å². The molecule has 0 bridgehead atoms. The number of anilines is 1. The monoisotopic (exact) mass is 317 g/mol. The summed E-state index contributed by atoms with van der Waals surface area (Å²) in [6.45, 7) is 1.81. The van der Waals surface area contributed by atoms with Gasteiger partial charge in [0.1, 0.15) is 5.41 Å². The highest BCUT2D eigenvalue weighted by Gasteiger charge is 2.75. The van der Waals surface area contributed by atoms with E-state index in [1.807, 2.05) is 0 Å². The van der Waals surface area contributed by atoms with E-state index in [0.29, 0.717) is 0 Å².